The minimum Gasteiger partial charge on any atom is -0.361 e. The molecule has 1 N–H and O–H groups in total. The van der Waals surface area contributed by atoms with E-state index in [1.54, 1.807) is 0 Å². The van der Waals surface area contributed by atoms with Crippen LogP contribution in [0.2, 0.25) is 0 Å². The van der Waals surface area contributed by atoms with Crippen molar-refractivity contribution in [2.75, 3.05) is 13.1 Å². The average molecular weight is 251 g/mol. The third kappa shape index (κ3) is 2.75. The zero-order valence-corrected chi connectivity index (χ0v) is 12.2. The predicted molar refractivity (Wildman–Crippen MR) is 72.5 cm³/mol. The molecule has 1 saturated heterocycles. The van der Waals surface area contributed by atoms with E-state index in [4.69, 9.17) is 4.52 Å². The molecule has 2 rings (SSSR count). The zero-order valence-electron chi connectivity index (χ0n) is 12.2. The Morgan fingerprint density at radius 2 is 2.17 bits per heavy atom. The number of nitrogens with zero attached hydrogens (tertiary/aromatic N) is 2. The molecule has 0 aromatic carbocycles. The van der Waals surface area contributed by atoms with Crippen LogP contribution >= 0.6 is 0 Å². The molecular weight excluding hydrogens is 226 g/mol. The second kappa shape index (κ2) is 5.02. The van der Waals surface area contributed by atoms with Gasteiger partial charge in [-0.05, 0) is 34.1 Å². The van der Waals surface area contributed by atoms with Crippen LogP contribution in [-0.2, 0) is 6.54 Å². The first-order valence-electron chi connectivity index (χ1n) is 6.84. The fraction of sp³-hybridized carbons (Fsp3) is 0.786. The molecule has 0 amide bonds. The van der Waals surface area contributed by atoms with Gasteiger partial charge in [-0.3, -0.25) is 4.90 Å². The number of aryl methyl sites for hydroxylation is 2. The lowest BCUT2D eigenvalue weighted by molar-refractivity contribution is 0.0852. The van der Waals surface area contributed by atoms with E-state index in [1.165, 1.54) is 12.0 Å². The molecule has 2 heterocycles. The lowest BCUT2D eigenvalue weighted by atomic mass is 9.96. The van der Waals surface area contributed by atoms with Gasteiger partial charge in [0.15, 0.2) is 0 Å². The minimum atomic E-state index is 0.185. The standard InChI is InChI=1S/C14H25N3O/c1-6-12-7-15-14(4,5)9-17(12)8-13-10(2)16-18-11(13)3/h12,15H,6-9H2,1-5H3. The largest absolute Gasteiger partial charge is 0.361 e. The molecule has 1 aromatic rings. The van der Waals surface area contributed by atoms with E-state index in [9.17, 15) is 0 Å². The summed E-state index contributed by atoms with van der Waals surface area (Å²) in [6.45, 7) is 13.9. The first-order chi connectivity index (χ1) is 8.43. The second-order valence-corrected chi connectivity index (χ2v) is 6.03. The van der Waals surface area contributed by atoms with E-state index >= 15 is 0 Å². The first kappa shape index (κ1) is 13.6. The second-order valence-electron chi connectivity index (χ2n) is 6.03. The third-order valence-corrected chi connectivity index (χ3v) is 3.94. The normalized spacial score (nSPS) is 24.4. The van der Waals surface area contributed by atoms with E-state index in [-0.39, 0.29) is 5.54 Å². The fourth-order valence-corrected chi connectivity index (χ4v) is 2.73. The van der Waals surface area contributed by atoms with Gasteiger partial charge in [0, 0.05) is 36.8 Å². The third-order valence-electron chi connectivity index (χ3n) is 3.94. The molecule has 0 radical (unpaired) electrons. The van der Waals surface area contributed by atoms with Crippen LogP contribution in [0.5, 0.6) is 0 Å². The number of aromatic nitrogens is 1. The molecule has 18 heavy (non-hydrogen) atoms. The molecule has 1 unspecified atom stereocenters. The van der Waals surface area contributed by atoms with Gasteiger partial charge in [-0.25, -0.2) is 0 Å². The summed E-state index contributed by atoms with van der Waals surface area (Å²) in [5, 5.41) is 7.67. The van der Waals surface area contributed by atoms with Crippen molar-refractivity contribution in [3.05, 3.63) is 17.0 Å². The van der Waals surface area contributed by atoms with Gasteiger partial charge in [-0.1, -0.05) is 12.1 Å². The molecule has 1 atom stereocenters. The van der Waals surface area contributed by atoms with Gasteiger partial charge >= 0.3 is 0 Å². The SMILES string of the molecule is CCC1CNC(C)(C)CN1Cc1c(C)noc1C. The maximum Gasteiger partial charge on any atom is 0.138 e. The zero-order chi connectivity index (χ0) is 13.3. The molecule has 102 valence electrons. The fourth-order valence-electron chi connectivity index (χ4n) is 2.73. The first-order valence-corrected chi connectivity index (χ1v) is 6.84. The lowest BCUT2D eigenvalue weighted by Crippen LogP contribution is -2.61. The summed E-state index contributed by atoms with van der Waals surface area (Å²) in [5.74, 6) is 0.957. The van der Waals surface area contributed by atoms with Crippen molar-refractivity contribution in [1.29, 1.82) is 0 Å². The van der Waals surface area contributed by atoms with E-state index < -0.39 is 0 Å². The Bertz CT molecular complexity index is 392. The van der Waals surface area contributed by atoms with Gasteiger partial charge in [-0.2, -0.15) is 0 Å². The van der Waals surface area contributed by atoms with Crippen molar-refractivity contribution in [3.63, 3.8) is 0 Å². The number of piperazine rings is 1. The van der Waals surface area contributed by atoms with Crippen LogP contribution in [-0.4, -0.2) is 34.7 Å². The maximum absolute atomic E-state index is 5.27. The molecule has 4 heteroatoms. The van der Waals surface area contributed by atoms with Gasteiger partial charge in [0.2, 0.25) is 0 Å². The molecule has 1 aliphatic heterocycles. The van der Waals surface area contributed by atoms with Crippen molar-refractivity contribution in [3.8, 4) is 0 Å². The Morgan fingerprint density at radius 1 is 1.44 bits per heavy atom. The minimum absolute atomic E-state index is 0.185. The van der Waals surface area contributed by atoms with Crippen LogP contribution in [0, 0.1) is 13.8 Å². The highest BCUT2D eigenvalue weighted by molar-refractivity contribution is 5.21. The Labute approximate surface area is 110 Å². The number of hydrogen-bond donors (Lipinski definition) is 1. The van der Waals surface area contributed by atoms with Gasteiger partial charge in [0.25, 0.3) is 0 Å². The molecular formula is C14H25N3O. The summed E-state index contributed by atoms with van der Waals surface area (Å²) in [6.07, 6.45) is 1.17. The van der Waals surface area contributed by atoms with Crippen molar-refractivity contribution in [2.24, 2.45) is 0 Å². The summed E-state index contributed by atoms with van der Waals surface area (Å²) in [7, 11) is 0. The molecule has 1 aliphatic rings. The summed E-state index contributed by atoms with van der Waals surface area (Å²) in [6, 6.07) is 0.603. The monoisotopic (exact) mass is 251 g/mol. The van der Waals surface area contributed by atoms with E-state index in [2.05, 4.69) is 36.1 Å². The molecule has 1 aromatic heterocycles. The van der Waals surface area contributed by atoms with Crippen molar-refractivity contribution >= 4 is 0 Å². The van der Waals surface area contributed by atoms with Crippen molar-refractivity contribution in [2.45, 2.75) is 59.2 Å². The van der Waals surface area contributed by atoms with Crippen LogP contribution in [0.3, 0.4) is 0 Å². The van der Waals surface area contributed by atoms with Crippen molar-refractivity contribution in [1.82, 2.24) is 15.4 Å². The quantitative estimate of drug-likeness (QED) is 0.894. The highest BCUT2D eigenvalue weighted by atomic mass is 16.5. The Morgan fingerprint density at radius 3 is 2.72 bits per heavy atom. The van der Waals surface area contributed by atoms with Gasteiger partial charge in [0.1, 0.15) is 5.76 Å². The molecule has 0 saturated carbocycles. The van der Waals surface area contributed by atoms with Crippen molar-refractivity contribution < 1.29 is 4.52 Å². The highest BCUT2D eigenvalue weighted by Crippen LogP contribution is 2.22. The van der Waals surface area contributed by atoms with E-state index in [1.807, 2.05) is 13.8 Å². The molecule has 4 nitrogen and oxygen atoms in total. The Hall–Kier alpha value is -0.870. The van der Waals surface area contributed by atoms with E-state index in [0.717, 1.165) is 31.1 Å². The molecule has 0 aliphatic carbocycles. The van der Waals surface area contributed by atoms with Crippen LogP contribution < -0.4 is 5.32 Å². The summed E-state index contributed by atoms with van der Waals surface area (Å²) >= 11 is 0. The van der Waals surface area contributed by atoms with Gasteiger partial charge in [0.05, 0.1) is 5.69 Å². The molecule has 0 bridgehead atoms. The van der Waals surface area contributed by atoms with Crippen LogP contribution in [0.15, 0.2) is 4.52 Å². The Kier molecular flexibility index (Phi) is 3.78. The van der Waals surface area contributed by atoms with Crippen LogP contribution in [0.25, 0.3) is 0 Å². The lowest BCUT2D eigenvalue weighted by Gasteiger charge is -2.44. The topological polar surface area (TPSA) is 41.3 Å². The summed E-state index contributed by atoms with van der Waals surface area (Å²) < 4.78 is 5.27. The van der Waals surface area contributed by atoms with Gasteiger partial charge in [-0.15, -0.1) is 0 Å². The maximum atomic E-state index is 5.27. The van der Waals surface area contributed by atoms with Gasteiger partial charge < -0.3 is 9.84 Å². The Balaban J connectivity index is 2.14. The smallest absolute Gasteiger partial charge is 0.138 e. The predicted octanol–water partition coefficient (Wildman–Crippen LogP) is 2.25. The molecule has 0 spiro atoms. The van der Waals surface area contributed by atoms with Crippen LogP contribution in [0.4, 0.5) is 0 Å². The van der Waals surface area contributed by atoms with Crippen LogP contribution in [0.1, 0.15) is 44.2 Å². The number of hydrogen-bond acceptors (Lipinski definition) is 4. The average Bonchev–Trinajstić information content (AvgIpc) is 2.60. The summed E-state index contributed by atoms with van der Waals surface area (Å²) in [5.41, 5.74) is 2.47. The number of rotatable bonds is 3. The molecule has 1 fully saturated rings. The summed E-state index contributed by atoms with van der Waals surface area (Å²) in [4.78, 5) is 2.56. The number of nitrogens with one attached hydrogen (secondary N) is 1. The highest BCUT2D eigenvalue weighted by Gasteiger charge is 2.32. The van der Waals surface area contributed by atoms with E-state index in [0.29, 0.717) is 6.04 Å².